The molecule has 4 nitrogen and oxygen atoms in total. The number of aromatic nitrogens is 1. The van der Waals surface area contributed by atoms with E-state index in [0.29, 0.717) is 23.0 Å². The molecule has 1 aromatic carbocycles. The van der Waals surface area contributed by atoms with Crippen molar-refractivity contribution in [3.63, 3.8) is 0 Å². The Morgan fingerprint density at radius 2 is 1.82 bits per heavy atom. The third-order valence-corrected chi connectivity index (χ3v) is 6.63. The van der Waals surface area contributed by atoms with Crippen LogP contribution in [0.4, 0.5) is 18.9 Å². The first-order valence-corrected chi connectivity index (χ1v) is 10.1. The van der Waals surface area contributed by atoms with Gasteiger partial charge in [-0.3, -0.25) is 4.90 Å². The standard InChI is InChI=1S/C21H26F3N3O/c22-21(23,24)12-26-9-8-17-18(2-1-3-19(17)26)25-15-4-6-16(7-5-15)27-10-20(11-27)13-28-14-20/h1-3,8-9,15-16,25H,4-7,10-14H2. The van der Waals surface area contributed by atoms with Gasteiger partial charge in [0.05, 0.1) is 18.7 Å². The van der Waals surface area contributed by atoms with Crippen LogP contribution in [-0.4, -0.2) is 54.0 Å². The SMILES string of the molecule is FC(F)(F)Cn1ccc2c(NC3CCC(N4CC5(COC5)C4)CC3)cccc21. The van der Waals surface area contributed by atoms with E-state index in [9.17, 15) is 13.2 Å². The Labute approximate surface area is 162 Å². The van der Waals surface area contributed by atoms with Crippen LogP contribution in [-0.2, 0) is 11.3 Å². The number of ether oxygens (including phenoxy) is 1. The van der Waals surface area contributed by atoms with Gasteiger partial charge in [0, 0.05) is 47.9 Å². The van der Waals surface area contributed by atoms with Crippen LogP contribution in [0.3, 0.4) is 0 Å². The molecule has 0 atom stereocenters. The van der Waals surface area contributed by atoms with Crippen LogP contribution in [0, 0.1) is 5.41 Å². The highest BCUT2D eigenvalue weighted by Gasteiger charge is 2.50. The molecule has 3 fully saturated rings. The number of hydrogen-bond acceptors (Lipinski definition) is 3. The molecule has 3 aliphatic rings. The lowest BCUT2D eigenvalue weighted by Gasteiger charge is -2.58. The molecule has 1 spiro atoms. The summed E-state index contributed by atoms with van der Waals surface area (Å²) in [6.07, 6.45) is 1.88. The topological polar surface area (TPSA) is 29.4 Å². The fourth-order valence-corrected chi connectivity index (χ4v) is 5.13. The molecule has 1 N–H and O–H groups in total. The van der Waals surface area contributed by atoms with Crippen molar-refractivity contribution in [2.24, 2.45) is 5.41 Å². The van der Waals surface area contributed by atoms with Gasteiger partial charge in [-0.15, -0.1) is 0 Å². The van der Waals surface area contributed by atoms with Crippen molar-refractivity contribution in [3.8, 4) is 0 Å². The van der Waals surface area contributed by atoms with Crippen molar-refractivity contribution < 1.29 is 17.9 Å². The maximum Gasteiger partial charge on any atom is 0.406 e. The van der Waals surface area contributed by atoms with Crippen LogP contribution in [0.15, 0.2) is 30.5 Å². The maximum absolute atomic E-state index is 12.8. The van der Waals surface area contributed by atoms with Crippen LogP contribution in [0.1, 0.15) is 25.7 Å². The third-order valence-electron chi connectivity index (χ3n) is 6.63. The number of benzene rings is 1. The van der Waals surface area contributed by atoms with Gasteiger partial charge in [-0.25, -0.2) is 0 Å². The summed E-state index contributed by atoms with van der Waals surface area (Å²) in [6, 6.07) is 8.41. The minimum atomic E-state index is -4.21. The highest BCUT2D eigenvalue weighted by Crippen LogP contribution is 2.41. The van der Waals surface area contributed by atoms with Crippen molar-refractivity contribution in [1.82, 2.24) is 9.47 Å². The van der Waals surface area contributed by atoms with E-state index in [1.807, 2.05) is 12.1 Å². The monoisotopic (exact) mass is 393 g/mol. The smallest absolute Gasteiger partial charge is 0.382 e. The minimum Gasteiger partial charge on any atom is -0.382 e. The molecule has 0 radical (unpaired) electrons. The molecular formula is C21H26F3N3O. The van der Waals surface area contributed by atoms with E-state index in [4.69, 9.17) is 4.74 Å². The Bertz CT molecular complexity index is 842. The molecule has 1 saturated carbocycles. The van der Waals surface area contributed by atoms with Crippen LogP contribution < -0.4 is 5.32 Å². The molecule has 3 heterocycles. The summed E-state index contributed by atoms with van der Waals surface area (Å²) in [5.41, 5.74) is 2.04. The number of halogens is 3. The molecule has 7 heteroatoms. The lowest BCUT2D eigenvalue weighted by atomic mass is 9.75. The Kier molecular flexibility index (Phi) is 4.36. The predicted molar refractivity (Wildman–Crippen MR) is 102 cm³/mol. The Morgan fingerprint density at radius 1 is 1.07 bits per heavy atom. The second-order valence-electron chi connectivity index (χ2n) is 8.84. The first-order chi connectivity index (χ1) is 13.4. The van der Waals surface area contributed by atoms with Crippen molar-refractivity contribution in [2.45, 2.75) is 50.5 Å². The molecule has 1 aromatic heterocycles. The maximum atomic E-state index is 12.8. The van der Waals surface area contributed by atoms with E-state index in [-0.39, 0.29) is 0 Å². The second-order valence-corrected chi connectivity index (χ2v) is 8.84. The molecule has 0 bridgehead atoms. The van der Waals surface area contributed by atoms with E-state index >= 15 is 0 Å². The van der Waals surface area contributed by atoms with Gasteiger partial charge >= 0.3 is 6.18 Å². The third kappa shape index (κ3) is 3.39. The quantitative estimate of drug-likeness (QED) is 0.842. The molecule has 0 amide bonds. The Morgan fingerprint density at radius 3 is 2.46 bits per heavy atom. The molecule has 2 aromatic rings. The van der Waals surface area contributed by atoms with E-state index < -0.39 is 12.7 Å². The van der Waals surface area contributed by atoms with Gasteiger partial charge < -0.3 is 14.6 Å². The minimum absolute atomic E-state index is 0.384. The number of nitrogens with zero attached hydrogens (tertiary/aromatic N) is 2. The van der Waals surface area contributed by atoms with Crippen LogP contribution in [0.25, 0.3) is 10.9 Å². The van der Waals surface area contributed by atoms with Crippen LogP contribution in [0.2, 0.25) is 0 Å². The Hall–Kier alpha value is -1.73. The average molecular weight is 393 g/mol. The largest absolute Gasteiger partial charge is 0.406 e. The van der Waals surface area contributed by atoms with Crippen LogP contribution in [0.5, 0.6) is 0 Å². The number of likely N-dealkylation sites (tertiary alicyclic amines) is 1. The summed E-state index contributed by atoms with van der Waals surface area (Å²) in [7, 11) is 0. The van der Waals surface area contributed by atoms with Gasteiger partial charge in [0.1, 0.15) is 6.54 Å². The first-order valence-electron chi connectivity index (χ1n) is 10.1. The molecule has 2 aliphatic heterocycles. The number of hydrogen-bond donors (Lipinski definition) is 1. The van der Waals surface area contributed by atoms with E-state index in [0.717, 1.165) is 37.1 Å². The van der Waals surface area contributed by atoms with E-state index in [2.05, 4.69) is 10.2 Å². The number of nitrogens with one attached hydrogen (secondary N) is 1. The fraction of sp³-hybridized carbons (Fsp3) is 0.619. The molecule has 28 heavy (non-hydrogen) atoms. The number of rotatable bonds is 4. The molecule has 2 saturated heterocycles. The van der Waals surface area contributed by atoms with Crippen molar-refractivity contribution in [2.75, 3.05) is 31.6 Å². The molecular weight excluding hydrogens is 367 g/mol. The molecule has 152 valence electrons. The summed E-state index contributed by atoms with van der Waals surface area (Å²) < 4.78 is 45.0. The fourth-order valence-electron chi connectivity index (χ4n) is 5.13. The zero-order chi connectivity index (χ0) is 19.4. The summed E-state index contributed by atoms with van der Waals surface area (Å²) in [4.78, 5) is 2.61. The number of alkyl halides is 3. The lowest BCUT2D eigenvalue weighted by Crippen LogP contribution is -2.68. The highest BCUT2D eigenvalue weighted by atomic mass is 19.4. The lowest BCUT2D eigenvalue weighted by molar-refractivity contribution is -0.200. The molecule has 5 rings (SSSR count). The van der Waals surface area contributed by atoms with Gasteiger partial charge in [-0.2, -0.15) is 13.2 Å². The summed E-state index contributed by atoms with van der Waals surface area (Å²) >= 11 is 0. The van der Waals surface area contributed by atoms with Crippen molar-refractivity contribution in [3.05, 3.63) is 30.5 Å². The first kappa shape index (κ1) is 18.3. The summed E-state index contributed by atoms with van der Waals surface area (Å²) in [5, 5.41) is 4.47. The van der Waals surface area contributed by atoms with Gasteiger partial charge in [-0.05, 0) is 43.9 Å². The van der Waals surface area contributed by atoms with Gasteiger partial charge in [0.25, 0.3) is 0 Å². The zero-order valence-corrected chi connectivity index (χ0v) is 15.8. The van der Waals surface area contributed by atoms with E-state index in [1.54, 1.807) is 12.1 Å². The molecule has 0 unspecified atom stereocenters. The van der Waals surface area contributed by atoms with E-state index in [1.165, 1.54) is 36.7 Å². The van der Waals surface area contributed by atoms with Gasteiger partial charge in [-0.1, -0.05) is 6.07 Å². The summed E-state index contributed by atoms with van der Waals surface area (Å²) in [5.74, 6) is 0. The number of anilines is 1. The van der Waals surface area contributed by atoms with Gasteiger partial charge in [0.2, 0.25) is 0 Å². The highest BCUT2D eigenvalue weighted by molar-refractivity contribution is 5.92. The Balaban J connectivity index is 1.20. The van der Waals surface area contributed by atoms with Crippen molar-refractivity contribution in [1.29, 1.82) is 0 Å². The molecule has 1 aliphatic carbocycles. The number of fused-ring (bicyclic) bond motifs is 1. The second kappa shape index (κ2) is 6.66. The zero-order valence-electron chi connectivity index (χ0n) is 15.8. The normalized spacial score (nSPS) is 27.5. The van der Waals surface area contributed by atoms with Crippen LogP contribution >= 0.6 is 0 Å². The average Bonchev–Trinajstić information content (AvgIpc) is 2.96. The van der Waals surface area contributed by atoms with Gasteiger partial charge in [0.15, 0.2) is 0 Å². The van der Waals surface area contributed by atoms with Crippen molar-refractivity contribution >= 4 is 16.6 Å². The summed E-state index contributed by atoms with van der Waals surface area (Å²) in [6.45, 7) is 3.27. The predicted octanol–water partition coefficient (Wildman–Crippen LogP) is 4.26.